The lowest BCUT2D eigenvalue weighted by atomic mass is 9.87. The van der Waals surface area contributed by atoms with Crippen LogP contribution in [0, 0.1) is 11.7 Å². The Labute approximate surface area is 244 Å². The maximum atomic E-state index is 14.0. The molecule has 1 fully saturated rings. The summed E-state index contributed by atoms with van der Waals surface area (Å²) in [6, 6.07) is 18.0. The molecule has 4 aromatic rings. The van der Waals surface area contributed by atoms with Gasteiger partial charge in [-0.1, -0.05) is 35.9 Å². The Morgan fingerprint density at radius 3 is 2.68 bits per heavy atom. The molecule has 0 unspecified atom stereocenters. The minimum Gasteiger partial charge on any atom is -0.337 e. The third-order valence-electron chi connectivity index (χ3n) is 8.05. The highest BCUT2D eigenvalue weighted by atomic mass is 35.5. The number of amides is 1. The van der Waals surface area contributed by atoms with Gasteiger partial charge < -0.3 is 9.47 Å². The van der Waals surface area contributed by atoms with Gasteiger partial charge in [0.15, 0.2) is 0 Å². The van der Waals surface area contributed by atoms with Crippen molar-refractivity contribution in [2.45, 2.75) is 49.1 Å². The Morgan fingerprint density at radius 2 is 1.95 bits per heavy atom. The SMILES string of the molecule is Cn1ccnc1CN(C(=O)[C@@H]1C[C@@H]1c1ccc(Cl)cc1)c1ccc2c(c1)[C@@H](NS(=O)(=O)c1cccc(F)c1)CCC2. The van der Waals surface area contributed by atoms with Crippen LogP contribution < -0.4 is 9.62 Å². The predicted octanol–water partition coefficient (Wildman–Crippen LogP) is 5.91. The van der Waals surface area contributed by atoms with Crippen molar-refractivity contribution in [2.24, 2.45) is 13.0 Å². The normalized spacial score (nSPS) is 19.9. The summed E-state index contributed by atoms with van der Waals surface area (Å²) in [5.74, 6) is 0.0743. The maximum Gasteiger partial charge on any atom is 0.241 e. The zero-order chi connectivity index (χ0) is 28.7. The zero-order valence-corrected chi connectivity index (χ0v) is 24.1. The molecule has 0 aliphatic heterocycles. The first-order chi connectivity index (χ1) is 19.7. The van der Waals surface area contributed by atoms with E-state index in [1.54, 1.807) is 11.1 Å². The lowest BCUT2D eigenvalue weighted by Gasteiger charge is -2.29. The number of fused-ring (bicyclic) bond motifs is 1. The molecule has 41 heavy (non-hydrogen) atoms. The third kappa shape index (κ3) is 5.80. The summed E-state index contributed by atoms with van der Waals surface area (Å²) < 4.78 is 44.8. The lowest BCUT2D eigenvalue weighted by Crippen LogP contribution is -2.34. The van der Waals surface area contributed by atoms with Crippen LogP contribution in [-0.4, -0.2) is 23.9 Å². The van der Waals surface area contributed by atoms with Crippen LogP contribution in [0.15, 0.2) is 84.0 Å². The summed E-state index contributed by atoms with van der Waals surface area (Å²) in [6.07, 6.45) is 6.51. The molecule has 10 heteroatoms. The number of sulfonamides is 1. The molecule has 2 aliphatic rings. The van der Waals surface area contributed by atoms with Gasteiger partial charge in [-0.15, -0.1) is 0 Å². The molecule has 1 amide bonds. The van der Waals surface area contributed by atoms with Gasteiger partial charge in [-0.25, -0.2) is 22.5 Å². The smallest absolute Gasteiger partial charge is 0.241 e. The molecule has 0 spiro atoms. The average Bonchev–Trinajstić information content (AvgIpc) is 3.66. The van der Waals surface area contributed by atoms with Gasteiger partial charge in [0.25, 0.3) is 0 Å². The number of imidazole rings is 1. The molecule has 2 aliphatic carbocycles. The fourth-order valence-corrected chi connectivity index (χ4v) is 7.11. The highest BCUT2D eigenvalue weighted by Gasteiger charge is 2.46. The second-order valence-corrected chi connectivity index (χ2v) is 12.9. The van der Waals surface area contributed by atoms with E-state index in [0.717, 1.165) is 47.8 Å². The Hall–Kier alpha value is -3.53. The molecule has 212 valence electrons. The van der Waals surface area contributed by atoms with Crippen LogP contribution in [0.4, 0.5) is 10.1 Å². The number of aromatic nitrogens is 2. The molecule has 7 nitrogen and oxygen atoms in total. The number of rotatable bonds is 8. The van der Waals surface area contributed by atoms with Crippen LogP contribution in [0.1, 0.15) is 53.7 Å². The van der Waals surface area contributed by atoms with Crippen molar-refractivity contribution in [3.8, 4) is 0 Å². The monoisotopic (exact) mass is 592 g/mol. The number of anilines is 1. The Balaban J connectivity index is 1.31. The second-order valence-electron chi connectivity index (χ2n) is 10.8. The summed E-state index contributed by atoms with van der Waals surface area (Å²) >= 11 is 6.07. The maximum absolute atomic E-state index is 14.0. The van der Waals surface area contributed by atoms with Crippen LogP contribution in [-0.2, 0) is 34.8 Å². The largest absolute Gasteiger partial charge is 0.337 e. The van der Waals surface area contributed by atoms with Gasteiger partial charge in [0.2, 0.25) is 15.9 Å². The van der Waals surface area contributed by atoms with E-state index in [1.807, 2.05) is 60.3 Å². The molecule has 1 saturated carbocycles. The minimum absolute atomic E-state index is 0.000556. The standard InChI is InChI=1S/C31H30ClFN4O3S/c1-36-15-14-34-30(36)19-37(31(38)28-18-26(28)21-8-11-22(32)12-9-21)24-13-10-20-4-2-7-29(27(20)17-24)35-41(39,40)25-6-3-5-23(33)16-25/h3,5-6,8-17,26,28-29,35H,2,4,7,18-19H2,1H3/t26-,28-,29+/m1/s1. The fourth-order valence-electron chi connectivity index (χ4n) is 5.70. The molecule has 1 aromatic heterocycles. The van der Waals surface area contributed by atoms with Crippen molar-refractivity contribution in [3.05, 3.63) is 112 Å². The Morgan fingerprint density at radius 1 is 1.15 bits per heavy atom. The Kier molecular flexibility index (Phi) is 7.44. The van der Waals surface area contributed by atoms with Crippen molar-refractivity contribution in [1.29, 1.82) is 0 Å². The number of hydrogen-bond donors (Lipinski definition) is 1. The zero-order valence-electron chi connectivity index (χ0n) is 22.5. The number of nitrogens with one attached hydrogen (secondary N) is 1. The summed E-state index contributed by atoms with van der Waals surface area (Å²) in [4.78, 5) is 20.1. The number of carbonyl (C=O) groups is 1. The van der Waals surface area contributed by atoms with Crippen LogP contribution in [0.3, 0.4) is 0 Å². The molecule has 0 bridgehead atoms. The fraction of sp³-hybridized carbons (Fsp3) is 0.290. The highest BCUT2D eigenvalue weighted by Crippen LogP contribution is 2.49. The molecular formula is C31H30ClFN4O3S. The number of hydrogen-bond acceptors (Lipinski definition) is 4. The summed E-state index contributed by atoms with van der Waals surface area (Å²) in [6.45, 7) is 0.282. The molecular weight excluding hydrogens is 563 g/mol. The van der Waals surface area contributed by atoms with Crippen LogP contribution in [0.5, 0.6) is 0 Å². The van der Waals surface area contributed by atoms with E-state index in [1.165, 1.54) is 18.2 Å². The van der Waals surface area contributed by atoms with Gasteiger partial charge in [-0.3, -0.25) is 4.79 Å². The van der Waals surface area contributed by atoms with Crippen molar-refractivity contribution in [1.82, 2.24) is 14.3 Å². The minimum atomic E-state index is -3.96. The van der Waals surface area contributed by atoms with Gasteiger partial charge in [0, 0.05) is 42.1 Å². The van der Waals surface area contributed by atoms with Gasteiger partial charge >= 0.3 is 0 Å². The quantitative estimate of drug-likeness (QED) is 0.276. The molecule has 3 atom stereocenters. The lowest BCUT2D eigenvalue weighted by molar-refractivity contribution is -0.120. The van der Waals surface area contributed by atoms with Crippen molar-refractivity contribution < 1.29 is 17.6 Å². The van der Waals surface area contributed by atoms with Crippen molar-refractivity contribution in [3.63, 3.8) is 0 Å². The average molecular weight is 593 g/mol. The van der Waals surface area contributed by atoms with E-state index in [4.69, 9.17) is 11.6 Å². The van der Waals surface area contributed by atoms with E-state index in [2.05, 4.69) is 9.71 Å². The van der Waals surface area contributed by atoms with Gasteiger partial charge in [-0.05, 0) is 90.8 Å². The topological polar surface area (TPSA) is 84.3 Å². The number of nitrogens with zero attached hydrogens (tertiary/aromatic N) is 3. The molecule has 0 radical (unpaired) electrons. The molecule has 1 heterocycles. The highest BCUT2D eigenvalue weighted by molar-refractivity contribution is 7.89. The Bertz CT molecular complexity index is 1710. The van der Waals surface area contributed by atoms with E-state index in [-0.39, 0.29) is 29.2 Å². The molecule has 1 N–H and O–H groups in total. The number of halogens is 2. The van der Waals surface area contributed by atoms with Crippen LogP contribution >= 0.6 is 11.6 Å². The first-order valence-corrected chi connectivity index (χ1v) is 15.5. The second kappa shape index (κ2) is 11.0. The summed E-state index contributed by atoms with van der Waals surface area (Å²) in [7, 11) is -2.07. The van der Waals surface area contributed by atoms with Gasteiger partial charge in [0.1, 0.15) is 11.6 Å². The first-order valence-electron chi connectivity index (χ1n) is 13.6. The molecule has 3 aromatic carbocycles. The first kappa shape index (κ1) is 27.6. The van der Waals surface area contributed by atoms with Crippen LogP contribution in [0.25, 0.3) is 0 Å². The van der Waals surface area contributed by atoms with E-state index >= 15 is 0 Å². The van der Waals surface area contributed by atoms with Gasteiger partial charge in [0.05, 0.1) is 11.4 Å². The predicted molar refractivity (Wildman–Crippen MR) is 156 cm³/mol. The third-order valence-corrected chi connectivity index (χ3v) is 9.77. The number of aryl methyl sites for hydroxylation is 2. The summed E-state index contributed by atoms with van der Waals surface area (Å²) in [5, 5.41) is 0.658. The van der Waals surface area contributed by atoms with Crippen molar-refractivity contribution in [2.75, 3.05) is 4.90 Å². The van der Waals surface area contributed by atoms with E-state index < -0.39 is 21.9 Å². The van der Waals surface area contributed by atoms with E-state index in [0.29, 0.717) is 17.1 Å². The van der Waals surface area contributed by atoms with E-state index in [9.17, 15) is 17.6 Å². The van der Waals surface area contributed by atoms with Crippen LogP contribution in [0.2, 0.25) is 5.02 Å². The van der Waals surface area contributed by atoms with Gasteiger partial charge in [-0.2, -0.15) is 0 Å². The van der Waals surface area contributed by atoms with Crippen molar-refractivity contribution >= 4 is 33.2 Å². The number of benzene rings is 3. The summed E-state index contributed by atoms with van der Waals surface area (Å²) in [5.41, 5.74) is 3.63. The molecule has 6 rings (SSSR count). The molecule has 0 saturated heterocycles. The number of carbonyl (C=O) groups excluding carboxylic acids is 1.